The average Bonchev–Trinajstić information content (AvgIpc) is 2.77. The maximum Gasteiger partial charge on any atom is 0.412 e. The maximum atomic E-state index is 12.8. The summed E-state index contributed by atoms with van der Waals surface area (Å²) in [6.07, 6.45) is 1.01. The molecule has 0 radical (unpaired) electrons. The zero-order valence-corrected chi connectivity index (χ0v) is 20.7. The summed E-state index contributed by atoms with van der Waals surface area (Å²) in [6, 6.07) is -0.0931. The van der Waals surface area contributed by atoms with E-state index >= 15 is 0 Å². The monoisotopic (exact) mass is 417 g/mol. The van der Waals surface area contributed by atoms with E-state index < -0.39 is 19.6 Å². The molecule has 166 valence electrons. The number of hydrogen-bond donors (Lipinski definition) is 1. The third-order valence-corrected chi connectivity index (χ3v) is 10.3. The van der Waals surface area contributed by atoms with E-state index in [4.69, 9.17) is 13.9 Å². The van der Waals surface area contributed by atoms with Crippen molar-refractivity contribution in [2.24, 2.45) is 5.92 Å². The number of aliphatic hydroxyl groups is 1. The summed E-state index contributed by atoms with van der Waals surface area (Å²) >= 11 is 0. The lowest BCUT2D eigenvalue weighted by atomic mass is 9.97. The van der Waals surface area contributed by atoms with Crippen LogP contribution >= 0.6 is 0 Å². The van der Waals surface area contributed by atoms with Crippen molar-refractivity contribution in [3.8, 4) is 0 Å². The number of amides is 1. The lowest BCUT2D eigenvalue weighted by Gasteiger charge is -2.38. The summed E-state index contributed by atoms with van der Waals surface area (Å²) < 4.78 is 17.9. The van der Waals surface area contributed by atoms with E-state index in [0.717, 1.165) is 6.42 Å². The van der Waals surface area contributed by atoms with Crippen molar-refractivity contribution in [1.82, 2.24) is 4.90 Å². The van der Waals surface area contributed by atoms with Gasteiger partial charge < -0.3 is 19.0 Å². The second kappa shape index (κ2) is 9.02. The van der Waals surface area contributed by atoms with Gasteiger partial charge in [-0.25, -0.2) is 4.79 Å². The number of carbonyl (C=O) groups is 1. The summed E-state index contributed by atoms with van der Waals surface area (Å²) in [7, 11) is -1.87. The molecule has 0 aliphatic carbocycles. The Hall–Kier alpha value is -0.633. The van der Waals surface area contributed by atoms with Crippen LogP contribution in [0.3, 0.4) is 0 Å². The van der Waals surface area contributed by atoms with E-state index in [1.807, 2.05) is 34.6 Å². The van der Waals surface area contributed by atoms with Gasteiger partial charge in [0.05, 0.1) is 12.6 Å². The molecule has 0 aromatic carbocycles. The number of hydrogen-bond acceptors (Lipinski definition) is 5. The standard InChI is InChI=1S/C21H43NO5Si/c1-19(2,3)27-18(24)22-17(15-25-21(22,7)8)13-16(11-12-23)14-26-28(9,10)20(4,5)6/h16-17,23H,11-15H2,1-10H3/t16-,17+/m1/s1. The molecule has 1 aliphatic rings. The molecule has 2 atom stereocenters. The largest absolute Gasteiger partial charge is 0.444 e. The highest BCUT2D eigenvalue weighted by molar-refractivity contribution is 6.74. The quantitative estimate of drug-likeness (QED) is 0.604. The fourth-order valence-electron chi connectivity index (χ4n) is 3.12. The van der Waals surface area contributed by atoms with Crippen LogP contribution in [0.5, 0.6) is 0 Å². The fraction of sp³-hybridized carbons (Fsp3) is 0.952. The molecule has 0 spiro atoms. The van der Waals surface area contributed by atoms with Crippen LogP contribution in [0.15, 0.2) is 0 Å². The molecule has 0 unspecified atom stereocenters. The minimum Gasteiger partial charge on any atom is -0.444 e. The van der Waals surface area contributed by atoms with Crippen molar-refractivity contribution in [3.63, 3.8) is 0 Å². The molecular weight excluding hydrogens is 374 g/mol. The van der Waals surface area contributed by atoms with Crippen molar-refractivity contribution in [1.29, 1.82) is 0 Å². The molecule has 1 fully saturated rings. The van der Waals surface area contributed by atoms with Crippen LogP contribution in [0.2, 0.25) is 18.1 Å². The Labute approximate surface area is 173 Å². The van der Waals surface area contributed by atoms with Gasteiger partial charge in [0.15, 0.2) is 8.32 Å². The third-order valence-electron chi connectivity index (χ3n) is 5.79. The number of carbonyl (C=O) groups excluding carboxylic acids is 1. The summed E-state index contributed by atoms with van der Waals surface area (Å²) in [6.45, 7) is 21.7. The molecule has 1 amide bonds. The number of aliphatic hydroxyl groups excluding tert-OH is 1. The Morgan fingerprint density at radius 3 is 2.29 bits per heavy atom. The third kappa shape index (κ3) is 7.01. The molecule has 1 N–H and O–H groups in total. The van der Waals surface area contributed by atoms with Crippen LogP contribution in [0.25, 0.3) is 0 Å². The molecule has 0 saturated carbocycles. The van der Waals surface area contributed by atoms with Crippen molar-refractivity contribution in [2.45, 2.75) is 104 Å². The summed E-state index contributed by atoms with van der Waals surface area (Å²) in [5, 5.41) is 9.69. The number of ether oxygens (including phenoxy) is 2. The highest BCUT2D eigenvalue weighted by Crippen LogP contribution is 2.38. The average molecular weight is 418 g/mol. The second-order valence-electron chi connectivity index (χ2n) is 10.9. The van der Waals surface area contributed by atoms with E-state index in [9.17, 15) is 9.90 Å². The van der Waals surface area contributed by atoms with E-state index in [0.29, 0.717) is 19.6 Å². The Morgan fingerprint density at radius 2 is 1.82 bits per heavy atom. The fourth-order valence-corrected chi connectivity index (χ4v) is 4.20. The molecule has 7 heteroatoms. The molecule has 0 aromatic rings. The first-order chi connectivity index (χ1) is 12.5. The minimum atomic E-state index is -1.87. The smallest absolute Gasteiger partial charge is 0.412 e. The highest BCUT2D eigenvalue weighted by Gasteiger charge is 2.46. The molecule has 1 aliphatic heterocycles. The van der Waals surface area contributed by atoms with Crippen molar-refractivity contribution in [2.75, 3.05) is 19.8 Å². The Balaban J connectivity index is 2.88. The van der Waals surface area contributed by atoms with Crippen molar-refractivity contribution >= 4 is 14.4 Å². The zero-order chi connectivity index (χ0) is 22.0. The molecule has 1 heterocycles. The van der Waals surface area contributed by atoms with Crippen LogP contribution in [-0.4, -0.2) is 61.6 Å². The lowest BCUT2D eigenvalue weighted by Crippen LogP contribution is -2.50. The van der Waals surface area contributed by atoms with E-state index in [-0.39, 0.29) is 29.7 Å². The Bertz CT molecular complexity index is 522. The second-order valence-corrected chi connectivity index (χ2v) is 15.8. The normalized spacial score (nSPS) is 21.7. The van der Waals surface area contributed by atoms with Crippen molar-refractivity contribution < 1.29 is 23.8 Å². The number of rotatable bonds is 7. The minimum absolute atomic E-state index is 0.0931. The van der Waals surface area contributed by atoms with Gasteiger partial charge in [-0.05, 0) is 71.5 Å². The van der Waals surface area contributed by atoms with Gasteiger partial charge >= 0.3 is 6.09 Å². The summed E-state index contributed by atoms with van der Waals surface area (Å²) in [5.41, 5.74) is -1.27. The molecular formula is C21H43NO5Si. The van der Waals surface area contributed by atoms with E-state index in [1.54, 1.807) is 4.90 Å². The highest BCUT2D eigenvalue weighted by atomic mass is 28.4. The van der Waals surface area contributed by atoms with Gasteiger partial charge in [0.2, 0.25) is 0 Å². The van der Waals surface area contributed by atoms with E-state index in [2.05, 4.69) is 33.9 Å². The van der Waals surface area contributed by atoms with E-state index in [1.165, 1.54) is 0 Å². The molecule has 0 bridgehead atoms. The first-order valence-corrected chi connectivity index (χ1v) is 13.3. The summed E-state index contributed by atoms with van der Waals surface area (Å²) in [5.74, 6) is 0.159. The maximum absolute atomic E-state index is 12.8. The van der Waals surface area contributed by atoms with Gasteiger partial charge in [-0.15, -0.1) is 0 Å². The summed E-state index contributed by atoms with van der Waals surface area (Å²) in [4.78, 5) is 14.5. The Morgan fingerprint density at radius 1 is 1.25 bits per heavy atom. The van der Waals surface area contributed by atoms with Crippen LogP contribution in [0.4, 0.5) is 4.79 Å². The first kappa shape index (κ1) is 25.4. The van der Waals surface area contributed by atoms with Crippen molar-refractivity contribution in [3.05, 3.63) is 0 Å². The molecule has 0 aromatic heterocycles. The van der Waals surface area contributed by atoms with Crippen LogP contribution in [0.1, 0.15) is 68.2 Å². The Kier molecular flexibility index (Phi) is 8.18. The van der Waals surface area contributed by atoms with Gasteiger partial charge in [0.25, 0.3) is 0 Å². The topological polar surface area (TPSA) is 68.2 Å². The molecule has 6 nitrogen and oxygen atoms in total. The van der Waals surface area contributed by atoms with Gasteiger partial charge in [0.1, 0.15) is 11.3 Å². The SMILES string of the molecule is CC(C)(C)OC(=O)N1[C@@H](C[C@@H](CCO)CO[Si](C)(C)C(C)(C)C)COC1(C)C. The first-order valence-electron chi connectivity index (χ1n) is 10.4. The van der Waals surface area contributed by atoms with Crippen LogP contribution < -0.4 is 0 Å². The predicted octanol–water partition coefficient (Wildman–Crippen LogP) is 4.77. The van der Waals surface area contributed by atoms with Crippen LogP contribution in [0, 0.1) is 5.92 Å². The zero-order valence-electron chi connectivity index (χ0n) is 19.7. The van der Waals surface area contributed by atoms with Gasteiger partial charge in [-0.2, -0.15) is 0 Å². The van der Waals surface area contributed by atoms with Gasteiger partial charge in [0, 0.05) is 13.2 Å². The lowest BCUT2D eigenvalue weighted by molar-refractivity contribution is -0.0633. The van der Waals surface area contributed by atoms with Crippen LogP contribution in [-0.2, 0) is 13.9 Å². The van der Waals surface area contributed by atoms with Gasteiger partial charge in [-0.3, -0.25) is 4.90 Å². The van der Waals surface area contributed by atoms with Gasteiger partial charge in [-0.1, -0.05) is 20.8 Å². The number of nitrogens with zero attached hydrogens (tertiary/aromatic N) is 1. The molecule has 1 rings (SSSR count). The predicted molar refractivity (Wildman–Crippen MR) is 115 cm³/mol. The molecule has 1 saturated heterocycles. The molecule has 28 heavy (non-hydrogen) atoms.